The van der Waals surface area contributed by atoms with Crippen LogP contribution in [0.25, 0.3) is 0 Å². The second kappa shape index (κ2) is 7.26. The van der Waals surface area contributed by atoms with Gasteiger partial charge >= 0.3 is 0 Å². The van der Waals surface area contributed by atoms with Gasteiger partial charge < -0.3 is 14.6 Å². The van der Waals surface area contributed by atoms with Gasteiger partial charge in [-0.15, -0.1) is 0 Å². The summed E-state index contributed by atoms with van der Waals surface area (Å²) in [5, 5.41) is 11.9. The lowest BCUT2D eigenvalue weighted by Crippen LogP contribution is -2.54. The summed E-state index contributed by atoms with van der Waals surface area (Å²) >= 11 is 0. The summed E-state index contributed by atoms with van der Waals surface area (Å²) in [5.74, 6) is 0.494. The van der Waals surface area contributed by atoms with E-state index >= 15 is 0 Å². The zero-order valence-corrected chi connectivity index (χ0v) is 16.7. The van der Waals surface area contributed by atoms with Crippen LogP contribution in [0, 0.1) is 11.3 Å². The van der Waals surface area contributed by atoms with E-state index in [9.17, 15) is 18.5 Å². The molecule has 0 aliphatic carbocycles. The Labute approximate surface area is 169 Å². The fourth-order valence-electron chi connectivity index (χ4n) is 4.05. The molecule has 0 saturated carbocycles. The van der Waals surface area contributed by atoms with E-state index in [0.29, 0.717) is 25.2 Å². The molecule has 1 aromatic heterocycles. The monoisotopic (exact) mass is 415 g/mol. The van der Waals surface area contributed by atoms with Gasteiger partial charge in [0.05, 0.1) is 17.0 Å². The third kappa shape index (κ3) is 3.21. The van der Waals surface area contributed by atoms with Crippen molar-refractivity contribution in [3.05, 3.63) is 48.0 Å². The van der Waals surface area contributed by atoms with Crippen molar-refractivity contribution in [2.24, 2.45) is 0 Å². The van der Waals surface area contributed by atoms with Gasteiger partial charge in [-0.3, -0.25) is 4.79 Å². The summed E-state index contributed by atoms with van der Waals surface area (Å²) in [6.45, 7) is 0.777. The minimum atomic E-state index is -3.81. The number of aromatic nitrogens is 2. The number of benzene rings is 1. The molecular weight excluding hydrogens is 394 g/mol. The maximum absolute atomic E-state index is 13.1. The Kier molecular flexibility index (Phi) is 4.90. The number of likely N-dealkylation sites (N-methyl/N-ethyl adjacent to an activating group) is 1. The second-order valence-corrected chi connectivity index (χ2v) is 9.04. The van der Waals surface area contributed by atoms with Crippen LogP contribution in [0.4, 0.5) is 0 Å². The van der Waals surface area contributed by atoms with E-state index in [1.807, 2.05) is 16.8 Å². The number of imidazole rings is 1. The lowest BCUT2D eigenvalue weighted by molar-refractivity contribution is -0.170. The van der Waals surface area contributed by atoms with E-state index in [2.05, 4.69) is 10.3 Å². The summed E-state index contributed by atoms with van der Waals surface area (Å²) in [5.41, 5.74) is -0.698. The zero-order chi connectivity index (χ0) is 20.6. The Bertz CT molecular complexity index is 1080. The number of ether oxygens (including phenoxy) is 1. The van der Waals surface area contributed by atoms with Gasteiger partial charge in [-0.25, -0.2) is 13.4 Å². The van der Waals surface area contributed by atoms with Gasteiger partial charge in [0.15, 0.2) is 6.10 Å². The highest BCUT2D eigenvalue weighted by Crippen LogP contribution is 2.41. The number of hydrogen-bond acceptors (Lipinski definition) is 6. The number of nitrogens with one attached hydrogen (secondary N) is 1. The molecule has 2 aliphatic heterocycles. The summed E-state index contributed by atoms with van der Waals surface area (Å²) in [7, 11) is -2.25. The maximum Gasteiger partial charge on any atom is 0.250 e. The largest absolute Gasteiger partial charge is 0.357 e. The number of carbonyl (C=O) groups excluding carboxylic acids is 1. The standard InChI is InChI=1S/C19H21N5O4S/c1-21-17(25)15-13-23-11-8-22-18(23)19(28-15)6-9-24(10-7-19)29(26,27)16-5-3-2-4-14(16)12-20/h2-5,8,11,15H,6-7,9-10,13H2,1H3,(H,21,25)/t15-/m0/s1. The first-order chi connectivity index (χ1) is 13.9. The molecule has 0 bridgehead atoms. The molecule has 1 N–H and O–H groups in total. The van der Waals surface area contributed by atoms with Crippen molar-refractivity contribution in [1.82, 2.24) is 19.2 Å². The third-order valence-electron chi connectivity index (χ3n) is 5.55. The minimum Gasteiger partial charge on any atom is -0.357 e. The Morgan fingerprint density at radius 1 is 1.34 bits per heavy atom. The highest BCUT2D eigenvalue weighted by atomic mass is 32.2. The predicted octanol–water partition coefficient (Wildman–Crippen LogP) is 0.580. The molecular formula is C19H21N5O4S. The van der Waals surface area contributed by atoms with Crippen LogP contribution in [-0.2, 0) is 31.7 Å². The first-order valence-electron chi connectivity index (χ1n) is 9.31. The zero-order valence-electron chi connectivity index (χ0n) is 15.9. The van der Waals surface area contributed by atoms with Crippen molar-refractivity contribution in [2.45, 2.75) is 36.0 Å². The fourth-order valence-corrected chi connectivity index (χ4v) is 5.63. The fraction of sp³-hybridized carbons (Fsp3) is 0.421. The lowest BCUT2D eigenvalue weighted by atomic mass is 9.89. The molecule has 0 unspecified atom stereocenters. The molecule has 4 rings (SSSR count). The molecule has 2 aromatic rings. The van der Waals surface area contributed by atoms with Crippen molar-refractivity contribution in [1.29, 1.82) is 5.26 Å². The van der Waals surface area contributed by atoms with Crippen LogP contribution in [0.15, 0.2) is 41.6 Å². The van der Waals surface area contributed by atoms with Crippen LogP contribution in [0.1, 0.15) is 24.2 Å². The van der Waals surface area contributed by atoms with E-state index in [1.165, 1.54) is 16.4 Å². The molecule has 10 heteroatoms. The quantitative estimate of drug-likeness (QED) is 0.784. The van der Waals surface area contributed by atoms with Crippen molar-refractivity contribution in [3.8, 4) is 6.07 Å². The summed E-state index contributed by atoms with van der Waals surface area (Å²) < 4.78 is 35.7. The molecule has 1 atom stereocenters. The van der Waals surface area contributed by atoms with Gasteiger partial charge in [0.1, 0.15) is 17.5 Å². The van der Waals surface area contributed by atoms with Crippen molar-refractivity contribution >= 4 is 15.9 Å². The second-order valence-electron chi connectivity index (χ2n) is 7.13. The number of fused-ring (bicyclic) bond motifs is 2. The normalized spacial score (nSPS) is 21.3. The number of carbonyl (C=O) groups is 1. The number of nitriles is 1. The predicted molar refractivity (Wildman–Crippen MR) is 102 cm³/mol. The van der Waals surface area contributed by atoms with Gasteiger partial charge in [0.25, 0.3) is 5.91 Å². The Morgan fingerprint density at radius 3 is 2.76 bits per heavy atom. The lowest BCUT2D eigenvalue weighted by Gasteiger charge is -2.45. The molecule has 9 nitrogen and oxygen atoms in total. The number of nitrogens with zero attached hydrogens (tertiary/aromatic N) is 4. The first kappa shape index (κ1) is 19.6. The number of piperidine rings is 1. The molecule has 0 radical (unpaired) electrons. The molecule has 152 valence electrons. The van der Waals surface area contributed by atoms with E-state index in [1.54, 1.807) is 25.4 Å². The Morgan fingerprint density at radius 2 is 2.07 bits per heavy atom. The maximum atomic E-state index is 13.1. The van der Waals surface area contributed by atoms with Crippen molar-refractivity contribution in [3.63, 3.8) is 0 Å². The number of hydrogen-bond donors (Lipinski definition) is 1. The molecule has 29 heavy (non-hydrogen) atoms. The van der Waals surface area contributed by atoms with Crippen LogP contribution >= 0.6 is 0 Å². The van der Waals surface area contributed by atoms with Crippen LogP contribution in [-0.4, -0.2) is 54.4 Å². The average molecular weight is 415 g/mol. The smallest absolute Gasteiger partial charge is 0.250 e. The van der Waals surface area contributed by atoms with Gasteiger partial charge in [-0.2, -0.15) is 9.57 Å². The van der Waals surface area contributed by atoms with E-state index < -0.39 is 21.7 Å². The first-order valence-corrected chi connectivity index (χ1v) is 10.8. The molecule has 1 saturated heterocycles. The number of sulfonamides is 1. The van der Waals surface area contributed by atoms with Gasteiger partial charge in [-0.05, 0) is 25.0 Å². The third-order valence-corrected chi connectivity index (χ3v) is 7.50. The van der Waals surface area contributed by atoms with Gasteiger partial charge in [0, 0.05) is 32.5 Å². The van der Waals surface area contributed by atoms with Crippen molar-refractivity contribution < 1.29 is 17.9 Å². The van der Waals surface area contributed by atoms with Crippen LogP contribution in [0.5, 0.6) is 0 Å². The molecule has 3 heterocycles. The summed E-state index contributed by atoms with van der Waals surface area (Å²) in [6, 6.07) is 8.13. The molecule has 1 fully saturated rings. The highest BCUT2D eigenvalue weighted by molar-refractivity contribution is 7.89. The summed E-state index contributed by atoms with van der Waals surface area (Å²) in [4.78, 5) is 16.6. The topological polar surface area (TPSA) is 117 Å². The van der Waals surface area contributed by atoms with Crippen LogP contribution < -0.4 is 5.32 Å². The average Bonchev–Trinajstić information content (AvgIpc) is 3.23. The molecule has 1 spiro atoms. The molecule has 1 amide bonds. The van der Waals surface area contributed by atoms with E-state index in [0.717, 1.165) is 0 Å². The van der Waals surface area contributed by atoms with Crippen LogP contribution in [0.2, 0.25) is 0 Å². The number of rotatable bonds is 3. The highest BCUT2D eigenvalue weighted by Gasteiger charge is 2.48. The molecule has 1 aromatic carbocycles. The van der Waals surface area contributed by atoms with E-state index in [4.69, 9.17) is 4.74 Å². The van der Waals surface area contributed by atoms with Crippen LogP contribution in [0.3, 0.4) is 0 Å². The Hall–Kier alpha value is -2.74. The Balaban J connectivity index is 1.61. The van der Waals surface area contributed by atoms with Crippen molar-refractivity contribution in [2.75, 3.05) is 20.1 Å². The minimum absolute atomic E-state index is 0.00718. The van der Waals surface area contributed by atoms with E-state index in [-0.39, 0.29) is 29.5 Å². The van der Waals surface area contributed by atoms with Gasteiger partial charge in [-0.1, -0.05) is 12.1 Å². The number of amides is 1. The van der Waals surface area contributed by atoms with Gasteiger partial charge in [0.2, 0.25) is 10.0 Å². The molecule has 2 aliphatic rings. The summed E-state index contributed by atoms with van der Waals surface area (Å²) in [6.07, 6.45) is 3.54. The SMILES string of the molecule is CNC(=O)[C@@H]1Cn2ccnc2C2(CCN(S(=O)(=O)c3ccccc3C#N)CC2)O1.